The zero-order chi connectivity index (χ0) is 13.8. The molecule has 0 spiro atoms. The standard InChI is InChI=1S/C14H20N2OS/c1-6-15-13-11(2)8-7-9-12(13)18-16(5)14(3,4)10-17/h6-10H,1-5H3. The summed E-state index contributed by atoms with van der Waals surface area (Å²) in [6.07, 6.45) is 2.75. The maximum atomic E-state index is 11.1. The van der Waals surface area contributed by atoms with Crippen LogP contribution in [0.2, 0.25) is 0 Å². The molecule has 0 saturated heterocycles. The van der Waals surface area contributed by atoms with Gasteiger partial charge < -0.3 is 4.79 Å². The van der Waals surface area contributed by atoms with E-state index in [2.05, 4.69) is 4.99 Å². The van der Waals surface area contributed by atoms with Crippen molar-refractivity contribution in [2.75, 3.05) is 7.05 Å². The fourth-order valence-corrected chi connectivity index (χ4v) is 2.35. The number of aldehydes is 1. The summed E-state index contributed by atoms with van der Waals surface area (Å²) in [5, 5.41) is 0. The molecule has 0 N–H and O–H groups in total. The Bertz CT molecular complexity index is 455. The molecule has 0 aromatic heterocycles. The van der Waals surface area contributed by atoms with E-state index in [1.54, 1.807) is 18.2 Å². The molecular weight excluding hydrogens is 244 g/mol. The SMILES string of the molecule is CC=Nc1c(C)cccc1SN(C)C(C)(C)C=O. The van der Waals surface area contributed by atoms with Crippen molar-refractivity contribution in [1.29, 1.82) is 0 Å². The van der Waals surface area contributed by atoms with Gasteiger partial charge in [-0.25, -0.2) is 4.31 Å². The summed E-state index contributed by atoms with van der Waals surface area (Å²) in [6.45, 7) is 7.73. The Morgan fingerprint density at radius 3 is 2.61 bits per heavy atom. The number of rotatable bonds is 5. The van der Waals surface area contributed by atoms with Crippen molar-refractivity contribution < 1.29 is 4.79 Å². The quantitative estimate of drug-likeness (QED) is 0.462. The molecule has 1 aromatic rings. The summed E-state index contributed by atoms with van der Waals surface area (Å²) in [5.74, 6) is 0. The lowest BCUT2D eigenvalue weighted by Gasteiger charge is -2.29. The predicted octanol–water partition coefficient (Wildman–Crippen LogP) is 3.63. The summed E-state index contributed by atoms with van der Waals surface area (Å²) in [7, 11) is 1.92. The summed E-state index contributed by atoms with van der Waals surface area (Å²) >= 11 is 1.54. The minimum Gasteiger partial charge on any atom is -0.301 e. The van der Waals surface area contributed by atoms with E-state index in [1.807, 2.05) is 57.2 Å². The third-order valence-corrected chi connectivity index (χ3v) is 4.06. The number of likely N-dealkylation sites (N-methyl/N-ethyl adjacent to an activating group) is 1. The monoisotopic (exact) mass is 264 g/mol. The van der Waals surface area contributed by atoms with Gasteiger partial charge in [-0.2, -0.15) is 0 Å². The summed E-state index contributed by atoms with van der Waals surface area (Å²) in [6, 6.07) is 6.07. The molecule has 0 atom stereocenters. The van der Waals surface area contributed by atoms with Crippen LogP contribution in [0.5, 0.6) is 0 Å². The molecule has 0 aliphatic heterocycles. The Morgan fingerprint density at radius 2 is 2.06 bits per heavy atom. The van der Waals surface area contributed by atoms with Gasteiger partial charge in [0, 0.05) is 11.1 Å². The second kappa shape index (κ2) is 6.16. The highest BCUT2D eigenvalue weighted by atomic mass is 32.2. The van der Waals surface area contributed by atoms with E-state index in [0.29, 0.717) is 0 Å². The predicted molar refractivity (Wildman–Crippen MR) is 78.8 cm³/mol. The van der Waals surface area contributed by atoms with E-state index in [0.717, 1.165) is 22.4 Å². The van der Waals surface area contributed by atoms with Crippen LogP contribution in [0.4, 0.5) is 5.69 Å². The number of aliphatic imine (C=N–C) groups is 1. The molecule has 0 radical (unpaired) electrons. The first-order valence-corrected chi connectivity index (χ1v) is 6.66. The minimum atomic E-state index is -0.498. The largest absolute Gasteiger partial charge is 0.301 e. The summed E-state index contributed by atoms with van der Waals surface area (Å²) < 4.78 is 1.95. The number of hydrogen-bond acceptors (Lipinski definition) is 4. The Labute approximate surface area is 113 Å². The van der Waals surface area contributed by atoms with Crippen LogP contribution >= 0.6 is 11.9 Å². The highest BCUT2D eigenvalue weighted by molar-refractivity contribution is 7.97. The maximum Gasteiger partial charge on any atom is 0.140 e. The molecule has 0 fully saturated rings. The number of para-hydroxylation sites is 1. The third kappa shape index (κ3) is 3.43. The molecular formula is C14H20N2OS. The molecule has 0 aliphatic carbocycles. The first kappa shape index (κ1) is 14.9. The molecule has 0 aliphatic rings. The number of carbonyl (C=O) groups is 1. The second-order valence-electron chi connectivity index (χ2n) is 4.67. The van der Waals surface area contributed by atoms with Gasteiger partial charge in [-0.15, -0.1) is 0 Å². The van der Waals surface area contributed by atoms with Gasteiger partial charge >= 0.3 is 0 Å². The fourth-order valence-electron chi connectivity index (χ4n) is 1.34. The third-order valence-electron chi connectivity index (χ3n) is 2.79. The van der Waals surface area contributed by atoms with E-state index >= 15 is 0 Å². The molecule has 0 amide bonds. The lowest BCUT2D eigenvalue weighted by molar-refractivity contribution is -0.113. The molecule has 0 saturated carbocycles. The van der Waals surface area contributed by atoms with E-state index < -0.39 is 5.54 Å². The van der Waals surface area contributed by atoms with Crippen LogP contribution in [0.15, 0.2) is 28.1 Å². The van der Waals surface area contributed by atoms with Crippen LogP contribution in [0.1, 0.15) is 26.3 Å². The normalized spacial score (nSPS) is 12.3. The van der Waals surface area contributed by atoms with E-state index in [1.165, 1.54) is 0 Å². The van der Waals surface area contributed by atoms with Gasteiger partial charge in [0.25, 0.3) is 0 Å². The van der Waals surface area contributed by atoms with Crippen molar-refractivity contribution >= 4 is 30.1 Å². The van der Waals surface area contributed by atoms with Crippen molar-refractivity contribution in [3.63, 3.8) is 0 Å². The molecule has 0 bridgehead atoms. The first-order valence-electron chi connectivity index (χ1n) is 5.89. The number of benzene rings is 1. The Morgan fingerprint density at radius 1 is 1.39 bits per heavy atom. The lowest BCUT2D eigenvalue weighted by atomic mass is 10.1. The maximum absolute atomic E-state index is 11.1. The van der Waals surface area contributed by atoms with Crippen LogP contribution in [0, 0.1) is 6.92 Å². The number of aryl methyl sites for hydroxylation is 1. The Kier molecular flexibility index (Phi) is 5.11. The van der Waals surface area contributed by atoms with Crippen molar-refractivity contribution in [1.82, 2.24) is 4.31 Å². The van der Waals surface area contributed by atoms with Crippen molar-refractivity contribution in [3.8, 4) is 0 Å². The summed E-state index contributed by atoms with van der Waals surface area (Å²) in [4.78, 5) is 16.5. The van der Waals surface area contributed by atoms with E-state index in [-0.39, 0.29) is 0 Å². The average Bonchev–Trinajstić information content (AvgIpc) is 2.33. The lowest BCUT2D eigenvalue weighted by Crippen LogP contribution is -2.37. The number of nitrogens with zero attached hydrogens (tertiary/aromatic N) is 2. The van der Waals surface area contributed by atoms with Crippen molar-refractivity contribution in [2.24, 2.45) is 4.99 Å². The van der Waals surface area contributed by atoms with Gasteiger partial charge in [0.05, 0.1) is 11.2 Å². The second-order valence-corrected chi connectivity index (χ2v) is 5.84. The van der Waals surface area contributed by atoms with Crippen LogP contribution in [-0.4, -0.2) is 29.4 Å². The number of carbonyl (C=O) groups excluding carboxylic acids is 1. The molecule has 4 heteroatoms. The van der Waals surface area contributed by atoms with Crippen LogP contribution < -0.4 is 0 Å². The van der Waals surface area contributed by atoms with Gasteiger partial charge in [0.2, 0.25) is 0 Å². The molecule has 1 rings (SSSR count). The van der Waals surface area contributed by atoms with E-state index in [4.69, 9.17) is 0 Å². The molecule has 1 aromatic carbocycles. The molecule has 98 valence electrons. The van der Waals surface area contributed by atoms with Crippen molar-refractivity contribution in [2.45, 2.75) is 38.1 Å². The van der Waals surface area contributed by atoms with Gasteiger partial charge in [0.15, 0.2) is 0 Å². The highest BCUT2D eigenvalue weighted by Gasteiger charge is 2.24. The van der Waals surface area contributed by atoms with Crippen LogP contribution in [0.3, 0.4) is 0 Å². The molecule has 0 heterocycles. The van der Waals surface area contributed by atoms with E-state index in [9.17, 15) is 4.79 Å². The topological polar surface area (TPSA) is 32.7 Å². The number of hydrogen-bond donors (Lipinski definition) is 0. The zero-order valence-corrected chi connectivity index (χ0v) is 12.4. The fraction of sp³-hybridized carbons (Fsp3) is 0.429. The van der Waals surface area contributed by atoms with Crippen LogP contribution in [-0.2, 0) is 4.79 Å². The van der Waals surface area contributed by atoms with Gasteiger partial charge in [0.1, 0.15) is 6.29 Å². The zero-order valence-electron chi connectivity index (χ0n) is 11.6. The Hall–Kier alpha value is -1.13. The van der Waals surface area contributed by atoms with Gasteiger partial charge in [-0.3, -0.25) is 4.99 Å². The minimum absolute atomic E-state index is 0.498. The summed E-state index contributed by atoms with van der Waals surface area (Å²) in [5.41, 5.74) is 1.61. The Balaban J connectivity index is 3.05. The average molecular weight is 264 g/mol. The van der Waals surface area contributed by atoms with Crippen LogP contribution in [0.25, 0.3) is 0 Å². The highest BCUT2D eigenvalue weighted by Crippen LogP contribution is 2.36. The van der Waals surface area contributed by atoms with Gasteiger partial charge in [-0.1, -0.05) is 12.1 Å². The van der Waals surface area contributed by atoms with Gasteiger partial charge in [-0.05, 0) is 58.3 Å². The first-order chi connectivity index (χ1) is 8.42. The molecule has 18 heavy (non-hydrogen) atoms. The molecule has 3 nitrogen and oxygen atoms in total. The van der Waals surface area contributed by atoms with Crippen molar-refractivity contribution in [3.05, 3.63) is 23.8 Å². The molecule has 0 unspecified atom stereocenters. The smallest absolute Gasteiger partial charge is 0.140 e.